The number of nitrogens with zero attached hydrogens (tertiary/aromatic N) is 4. The normalized spacial score (nSPS) is 13.1. The zero-order chi connectivity index (χ0) is 25.2. The summed E-state index contributed by atoms with van der Waals surface area (Å²) in [7, 11) is 1.66. The second-order valence-corrected chi connectivity index (χ2v) is 10.4. The van der Waals surface area contributed by atoms with Gasteiger partial charge in [0.15, 0.2) is 5.65 Å². The first kappa shape index (κ1) is 24.8. The van der Waals surface area contributed by atoms with E-state index in [0.29, 0.717) is 11.4 Å². The highest BCUT2D eigenvalue weighted by Gasteiger charge is 2.25. The van der Waals surface area contributed by atoms with Crippen LogP contribution in [-0.4, -0.2) is 33.2 Å². The third-order valence-electron chi connectivity index (χ3n) is 7.26. The first-order valence-electron chi connectivity index (χ1n) is 13.0. The molecule has 0 amide bonds. The first-order chi connectivity index (χ1) is 17.5. The van der Waals surface area contributed by atoms with Crippen LogP contribution in [0.4, 0.5) is 0 Å². The fourth-order valence-corrected chi connectivity index (χ4v) is 5.56. The molecule has 5 rings (SSSR count). The topological polar surface area (TPSA) is 42.7 Å². The molecule has 1 aliphatic carbocycles. The van der Waals surface area contributed by atoms with E-state index in [2.05, 4.69) is 54.5 Å². The Hall–Kier alpha value is -2.89. The van der Waals surface area contributed by atoms with Crippen LogP contribution in [0.3, 0.4) is 0 Å². The lowest BCUT2D eigenvalue weighted by molar-refractivity contribution is 0.251. The van der Waals surface area contributed by atoms with Gasteiger partial charge in [-0.1, -0.05) is 54.4 Å². The summed E-state index contributed by atoms with van der Waals surface area (Å²) in [6, 6.07) is 14.8. The Kier molecular flexibility index (Phi) is 7.31. The number of hydrogen-bond donors (Lipinski definition) is 0. The number of ether oxygens (including phenoxy) is 1. The number of aromatic nitrogens is 3. The minimum absolute atomic E-state index is 0.700. The largest absolute Gasteiger partial charge is 0.497 e. The van der Waals surface area contributed by atoms with Gasteiger partial charge >= 0.3 is 0 Å². The van der Waals surface area contributed by atoms with E-state index in [1.807, 2.05) is 18.2 Å². The van der Waals surface area contributed by atoms with Crippen LogP contribution < -0.4 is 4.74 Å². The minimum atomic E-state index is 0.700. The summed E-state index contributed by atoms with van der Waals surface area (Å²) in [6.45, 7) is 9.33. The van der Waals surface area contributed by atoms with E-state index in [1.54, 1.807) is 7.11 Å². The van der Waals surface area contributed by atoms with E-state index in [0.717, 1.165) is 73.5 Å². The van der Waals surface area contributed by atoms with Crippen molar-refractivity contribution in [2.45, 2.75) is 66.0 Å². The van der Waals surface area contributed by atoms with Crippen LogP contribution in [0.15, 0.2) is 42.5 Å². The molecule has 0 saturated carbocycles. The van der Waals surface area contributed by atoms with Gasteiger partial charge in [-0.2, -0.15) is 5.10 Å². The Balaban J connectivity index is 1.53. The minimum Gasteiger partial charge on any atom is -0.497 e. The maximum atomic E-state index is 6.61. The highest BCUT2D eigenvalue weighted by Crippen LogP contribution is 2.31. The number of rotatable bonds is 9. The molecule has 0 unspecified atom stereocenters. The molecular weight excluding hydrogens is 468 g/mol. The molecule has 1 aliphatic rings. The van der Waals surface area contributed by atoms with E-state index in [4.69, 9.17) is 26.4 Å². The lowest BCUT2D eigenvalue weighted by Gasteiger charge is -2.24. The Labute approximate surface area is 219 Å². The molecule has 5 nitrogen and oxygen atoms in total. The van der Waals surface area contributed by atoms with Gasteiger partial charge in [-0.3, -0.25) is 4.90 Å². The van der Waals surface area contributed by atoms with Crippen molar-refractivity contribution in [3.05, 3.63) is 92.4 Å². The number of fused-ring (bicyclic) bond motifs is 2. The van der Waals surface area contributed by atoms with E-state index in [1.165, 1.54) is 28.1 Å². The second-order valence-electron chi connectivity index (χ2n) is 9.97. The van der Waals surface area contributed by atoms with Gasteiger partial charge in [0.05, 0.1) is 18.5 Å². The molecule has 0 atom stereocenters. The van der Waals surface area contributed by atoms with Crippen molar-refractivity contribution >= 4 is 17.2 Å². The zero-order valence-electron chi connectivity index (χ0n) is 21.8. The Bertz CT molecular complexity index is 1380. The summed E-state index contributed by atoms with van der Waals surface area (Å²) in [4.78, 5) is 7.71. The lowest BCUT2D eigenvalue weighted by Crippen LogP contribution is -2.26. The highest BCUT2D eigenvalue weighted by atomic mass is 35.5. The summed E-state index contributed by atoms with van der Waals surface area (Å²) < 4.78 is 7.46. The average molecular weight is 503 g/mol. The van der Waals surface area contributed by atoms with E-state index >= 15 is 0 Å². The van der Waals surface area contributed by atoms with Gasteiger partial charge in [0.1, 0.15) is 5.75 Å². The molecule has 2 aromatic heterocycles. The molecule has 0 radical (unpaired) electrons. The van der Waals surface area contributed by atoms with Crippen LogP contribution in [0, 0.1) is 13.8 Å². The zero-order valence-corrected chi connectivity index (χ0v) is 22.5. The summed E-state index contributed by atoms with van der Waals surface area (Å²) in [5, 5.41) is 5.75. The van der Waals surface area contributed by atoms with Gasteiger partial charge in [-0.05, 0) is 74.9 Å². The van der Waals surface area contributed by atoms with E-state index < -0.39 is 0 Å². The number of benzene rings is 2. The molecule has 0 N–H and O–H groups in total. The van der Waals surface area contributed by atoms with Crippen LogP contribution in [-0.2, 0) is 32.4 Å². The molecule has 4 aromatic rings. The van der Waals surface area contributed by atoms with Gasteiger partial charge in [0, 0.05) is 35.8 Å². The van der Waals surface area contributed by atoms with Crippen molar-refractivity contribution in [2.75, 3.05) is 13.7 Å². The van der Waals surface area contributed by atoms with Crippen LogP contribution in [0.1, 0.15) is 64.7 Å². The molecule has 0 fully saturated rings. The van der Waals surface area contributed by atoms with Gasteiger partial charge in [0.25, 0.3) is 0 Å². The summed E-state index contributed by atoms with van der Waals surface area (Å²) >= 11 is 6.61. The lowest BCUT2D eigenvalue weighted by atomic mass is 10.0. The maximum absolute atomic E-state index is 6.61. The van der Waals surface area contributed by atoms with Gasteiger partial charge in [-0.15, -0.1) is 0 Å². The SMILES string of the molecule is CCCN(Cc1ccc(C)cc1)Cc1c2c(nc3c(Cc4ccc(OC)cc4Cl)c(C)nn13)CCC2. The summed E-state index contributed by atoms with van der Waals surface area (Å²) in [5.41, 5.74) is 10.8. The second kappa shape index (κ2) is 10.6. The van der Waals surface area contributed by atoms with Crippen LogP contribution >= 0.6 is 11.6 Å². The third kappa shape index (κ3) is 5.00. The van der Waals surface area contributed by atoms with Crippen molar-refractivity contribution in [3.63, 3.8) is 0 Å². The smallest absolute Gasteiger partial charge is 0.159 e. The van der Waals surface area contributed by atoms with Gasteiger partial charge in [-0.25, -0.2) is 9.50 Å². The Morgan fingerprint density at radius 1 is 1.06 bits per heavy atom. The quantitative estimate of drug-likeness (QED) is 0.262. The summed E-state index contributed by atoms with van der Waals surface area (Å²) in [6.07, 6.45) is 5.09. The molecule has 0 aliphatic heterocycles. The van der Waals surface area contributed by atoms with Gasteiger partial charge < -0.3 is 4.74 Å². The van der Waals surface area contributed by atoms with E-state index in [-0.39, 0.29) is 0 Å². The standard InChI is InChI=1S/C30H35ClN4O/c1-5-15-34(18-22-11-9-20(2)10-12-22)19-29-25-7-6-8-28(25)32-30-26(21(3)33-35(29)30)16-23-13-14-24(36-4)17-27(23)31/h9-14,17H,5-8,15-16,18-19H2,1-4H3. The van der Waals surface area contributed by atoms with Crippen molar-refractivity contribution in [3.8, 4) is 5.75 Å². The predicted octanol–water partition coefficient (Wildman–Crippen LogP) is 6.50. The molecule has 36 heavy (non-hydrogen) atoms. The highest BCUT2D eigenvalue weighted by molar-refractivity contribution is 6.31. The van der Waals surface area contributed by atoms with Crippen LogP contribution in [0.2, 0.25) is 5.02 Å². The molecule has 6 heteroatoms. The third-order valence-corrected chi connectivity index (χ3v) is 7.61. The molecule has 188 valence electrons. The monoisotopic (exact) mass is 502 g/mol. The number of hydrogen-bond acceptors (Lipinski definition) is 4. The Morgan fingerprint density at radius 3 is 2.58 bits per heavy atom. The van der Waals surface area contributed by atoms with Crippen molar-refractivity contribution in [1.82, 2.24) is 19.5 Å². The predicted molar refractivity (Wildman–Crippen MR) is 146 cm³/mol. The maximum Gasteiger partial charge on any atom is 0.159 e. The van der Waals surface area contributed by atoms with Crippen LogP contribution in [0.25, 0.3) is 5.65 Å². The number of aryl methyl sites for hydroxylation is 3. The molecular formula is C30H35ClN4O. The van der Waals surface area contributed by atoms with Crippen LogP contribution in [0.5, 0.6) is 5.75 Å². The number of methoxy groups -OCH3 is 1. The molecule has 0 saturated heterocycles. The van der Waals surface area contributed by atoms with Crippen molar-refractivity contribution in [1.29, 1.82) is 0 Å². The summed E-state index contributed by atoms with van der Waals surface area (Å²) in [5.74, 6) is 0.767. The number of halogens is 1. The van der Waals surface area contributed by atoms with E-state index in [9.17, 15) is 0 Å². The van der Waals surface area contributed by atoms with Gasteiger partial charge in [0.2, 0.25) is 0 Å². The molecule has 2 heterocycles. The first-order valence-corrected chi connectivity index (χ1v) is 13.3. The fourth-order valence-electron chi connectivity index (χ4n) is 5.32. The average Bonchev–Trinajstić information content (AvgIpc) is 3.46. The van der Waals surface area contributed by atoms with Crippen molar-refractivity contribution in [2.24, 2.45) is 0 Å². The van der Waals surface area contributed by atoms with Crippen molar-refractivity contribution < 1.29 is 4.74 Å². The Morgan fingerprint density at radius 2 is 1.86 bits per heavy atom. The fraction of sp³-hybridized carbons (Fsp3) is 0.400. The molecule has 2 aromatic carbocycles. The molecule has 0 bridgehead atoms. The molecule has 0 spiro atoms.